The second-order valence-electron chi connectivity index (χ2n) is 4.18. The van der Waals surface area contributed by atoms with Gasteiger partial charge in [0.1, 0.15) is 5.75 Å². The summed E-state index contributed by atoms with van der Waals surface area (Å²) < 4.78 is 5.47. The molecule has 0 bridgehead atoms. The van der Waals surface area contributed by atoms with E-state index < -0.39 is 6.04 Å². The molecule has 3 nitrogen and oxygen atoms in total. The highest BCUT2D eigenvalue weighted by Crippen LogP contribution is 2.23. The van der Waals surface area contributed by atoms with Gasteiger partial charge in [0.2, 0.25) is 0 Å². The SMILES string of the molecule is CCOc1ccccc1C(=O)[C@H](N)c1ccccc1. The molecule has 0 aliphatic heterocycles. The molecule has 2 rings (SSSR count). The van der Waals surface area contributed by atoms with Crippen LogP contribution >= 0.6 is 0 Å². The zero-order chi connectivity index (χ0) is 13.7. The van der Waals surface area contributed by atoms with Crippen LogP contribution in [0.15, 0.2) is 54.6 Å². The van der Waals surface area contributed by atoms with Gasteiger partial charge in [0.25, 0.3) is 0 Å². The highest BCUT2D eigenvalue weighted by molar-refractivity contribution is 6.02. The smallest absolute Gasteiger partial charge is 0.187 e. The minimum atomic E-state index is -0.664. The summed E-state index contributed by atoms with van der Waals surface area (Å²) >= 11 is 0. The summed E-state index contributed by atoms with van der Waals surface area (Å²) in [7, 11) is 0. The lowest BCUT2D eigenvalue weighted by Gasteiger charge is -2.14. The molecule has 3 heteroatoms. The molecule has 0 amide bonds. The van der Waals surface area contributed by atoms with Crippen LogP contribution in [0.25, 0.3) is 0 Å². The fourth-order valence-corrected chi connectivity index (χ4v) is 1.93. The summed E-state index contributed by atoms with van der Waals surface area (Å²) in [6.07, 6.45) is 0. The fourth-order valence-electron chi connectivity index (χ4n) is 1.93. The topological polar surface area (TPSA) is 52.3 Å². The van der Waals surface area contributed by atoms with Crippen molar-refractivity contribution in [2.75, 3.05) is 6.61 Å². The molecule has 19 heavy (non-hydrogen) atoms. The van der Waals surface area contributed by atoms with Gasteiger partial charge in [-0.05, 0) is 24.6 Å². The van der Waals surface area contributed by atoms with Crippen LogP contribution in [0.3, 0.4) is 0 Å². The van der Waals surface area contributed by atoms with Crippen molar-refractivity contribution >= 4 is 5.78 Å². The lowest BCUT2D eigenvalue weighted by molar-refractivity contribution is 0.0957. The highest BCUT2D eigenvalue weighted by Gasteiger charge is 2.20. The van der Waals surface area contributed by atoms with Crippen LogP contribution < -0.4 is 10.5 Å². The lowest BCUT2D eigenvalue weighted by Crippen LogP contribution is -2.22. The first-order valence-electron chi connectivity index (χ1n) is 6.30. The summed E-state index contributed by atoms with van der Waals surface area (Å²) in [6, 6.07) is 15.9. The number of rotatable bonds is 5. The Bertz CT molecular complexity index is 552. The van der Waals surface area contributed by atoms with E-state index in [2.05, 4.69) is 0 Å². The fraction of sp³-hybridized carbons (Fsp3) is 0.188. The van der Waals surface area contributed by atoms with Gasteiger partial charge in [-0.1, -0.05) is 42.5 Å². The molecular formula is C16H17NO2. The summed E-state index contributed by atoms with van der Waals surface area (Å²) in [5, 5.41) is 0. The van der Waals surface area contributed by atoms with Gasteiger partial charge in [-0.25, -0.2) is 0 Å². The van der Waals surface area contributed by atoms with E-state index in [9.17, 15) is 4.79 Å². The maximum atomic E-state index is 12.4. The van der Waals surface area contributed by atoms with Crippen molar-refractivity contribution in [2.45, 2.75) is 13.0 Å². The number of ketones is 1. The minimum Gasteiger partial charge on any atom is -0.493 e. The van der Waals surface area contributed by atoms with Crippen LogP contribution in [-0.2, 0) is 0 Å². The zero-order valence-corrected chi connectivity index (χ0v) is 10.9. The standard InChI is InChI=1S/C16H17NO2/c1-2-19-14-11-7-6-10-13(14)16(18)15(17)12-8-4-3-5-9-12/h3-11,15H,2,17H2,1H3/t15-/m1/s1. The monoisotopic (exact) mass is 255 g/mol. The summed E-state index contributed by atoms with van der Waals surface area (Å²) in [5.74, 6) is 0.455. The van der Waals surface area contributed by atoms with E-state index in [0.29, 0.717) is 17.9 Å². The Hall–Kier alpha value is -2.13. The molecule has 0 aliphatic carbocycles. The maximum Gasteiger partial charge on any atom is 0.187 e. The van der Waals surface area contributed by atoms with Gasteiger partial charge in [-0.3, -0.25) is 4.79 Å². The first-order chi connectivity index (χ1) is 9.24. The van der Waals surface area contributed by atoms with Gasteiger partial charge < -0.3 is 10.5 Å². The summed E-state index contributed by atoms with van der Waals surface area (Å²) in [6.45, 7) is 2.41. The molecule has 0 fully saturated rings. The Morgan fingerprint density at radius 2 is 1.74 bits per heavy atom. The predicted octanol–water partition coefficient (Wildman–Crippen LogP) is 2.97. The van der Waals surface area contributed by atoms with Crippen LogP contribution in [0, 0.1) is 0 Å². The Labute approximate surface area is 113 Å². The number of Topliss-reactive ketones (excluding diaryl/α,β-unsaturated/α-hetero) is 1. The van der Waals surface area contributed by atoms with E-state index in [-0.39, 0.29) is 5.78 Å². The number of nitrogens with two attached hydrogens (primary N) is 1. The number of ether oxygens (including phenoxy) is 1. The molecular weight excluding hydrogens is 238 g/mol. The Morgan fingerprint density at radius 3 is 2.42 bits per heavy atom. The van der Waals surface area contributed by atoms with Crippen LogP contribution in [0.1, 0.15) is 28.9 Å². The van der Waals surface area contributed by atoms with Gasteiger partial charge in [-0.15, -0.1) is 0 Å². The molecule has 2 N–H and O–H groups in total. The molecule has 98 valence electrons. The van der Waals surface area contributed by atoms with Crippen molar-refractivity contribution in [3.05, 3.63) is 65.7 Å². The van der Waals surface area contributed by atoms with E-state index >= 15 is 0 Å². The second-order valence-corrected chi connectivity index (χ2v) is 4.18. The van der Waals surface area contributed by atoms with E-state index in [4.69, 9.17) is 10.5 Å². The third-order valence-corrected chi connectivity index (χ3v) is 2.89. The molecule has 0 spiro atoms. The van der Waals surface area contributed by atoms with Crippen LogP contribution in [0.5, 0.6) is 5.75 Å². The van der Waals surface area contributed by atoms with Gasteiger partial charge in [0, 0.05) is 0 Å². The Kier molecular flexibility index (Phi) is 4.31. The number of benzene rings is 2. The molecule has 1 atom stereocenters. The molecule has 0 radical (unpaired) electrons. The molecule has 2 aromatic carbocycles. The van der Waals surface area contributed by atoms with Crippen molar-refractivity contribution < 1.29 is 9.53 Å². The number of para-hydroxylation sites is 1. The minimum absolute atomic E-state index is 0.129. The number of hydrogen-bond donors (Lipinski definition) is 1. The van der Waals surface area contributed by atoms with Gasteiger partial charge in [0.05, 0.1) is 18.2 Å². The van der Waals surface area contributed by atoms with Crippen molar-refractivity contribution in [3.8, 4) is 5.75 Å². The van der Waals surface area contributed by atoms with Crippen LogP contribution in [0.4, 0.5) is 0 Å². The third kappa shape index (κ3) is 3.01. The first kappa shape index (κ1) is 13.3. The maximum absolute atomic E-state index is 12.4. The number of carbonyl (C=O) groups excluding carboxylic acids is 1. The highest BCUT2D eigenvalue weighted by atomic mass is 16.5. The quantitative estimate of drug-likeness (QED) is 0.836. The molecule has 0 aliphatic rings. The average molecular weight is 255 g/mol. The Morgan fingerprint density at radius 1 is 1.11 bits per heavy atom. The normalized spacial score (nSPS) is 11.9. The zero-order valence-electron chi connectivity index (χ0n) is 10.9. The molecule has 0 aromatic heterocycles. The second kappa shape index (κ2) is 6.16. The lowest BCUT2D eigenvalue weighted by atomic mass is 9.98. The van der Waals surface area contributed by atoms with Crippen molar-refractivity contribution in [1.29, 1.82) is 0 Å². The van der Waals surface area contributed by atoms with E-state index in [1.807, 2.05) is 49.4 Å². The van der Waals surface area contributed by atoms with Crippen molar-refractivity contribution in [1.82, 2.24) is 0 Å². The van der Waals surface area contributed by atoms with E-state index in [1.54, 1.807) is 12.1 Å². The van der Waals surface area contributed by atoms with Crippen molar-refractivity contribution in [3.63, 3.8) is 0 Å². The molecule has 0 saturated heterocycles. The molecule has 2 aromatic rings. The van der Waals surface area contributed by atoms with Gasteiger partial charge in [0.15, 0.2) is 5.78 Å². The average Bonchev–Trinajstić information content (AvgIpc) is 2.47. The Balaban J connectivity index is 2.29. The molecule has 0 saturated carbocycles. The number of hydrogen-bond acceptors (Lipinski definition) is 3. The largest absolute Gasteiger partial charge is 0.493 e. The number of carbonyl (C=O) groups is 1. The van der Waals surface area contributed by atoms with E-state index in [1.165, 1.54) is 0 Å². The van der Waals surface area contributed by atoms with Gasteiger partial charge >= 0.3 is 0 Å². The van der Waals surface area contributed by atoms with E-state index in [0.717, 1.165) is 5.56 Å². The van der Waals surface area contributed by atoms with Crippen molar-refractivity contribution in [2.24, 2.45) is 5.73 Å². The summed E-state index contributed by atoms with van der Waals surface area (Å²) in [4.78, 5) is 12.4. The van der Waals surface area contributed by atoms with Crippen LogP contribution in [0.2, 0.25) is 0 Å². The molecule has 0 heterocycles. The third-order valence-electron chi connectivity index (χ3n) is 2.89. The summed E-state index contributed by atoms with van der Waals surface area (Å²) in [5.41, 5.74) is 7.36. The van der Waals surface area contributed by atoms with Gasteiger partial charge in [-0.2, -0.15) is 0 Å². The molecule has 0 unspecified atom stereocenters. The first-order valence-corrected chi connectivity index (χ1v) is 6.30. The predicted molar refractivity (Wildman–Crippen MR) is 75.3 cm³/mol. The van der Waals surface area contributed by atoms with Crippen LogP contribution in [-0.4, -0.2) is 12.4 Å².